The molecule has 0 bridgehead atoms. The summed E-state index contributed by atoms with van der Waals surface area (Å²) in [5.41, 5.74) is 2.82. The fraction of sp³-hybridized carbons (Fsp3) is 0.387. The van der Waals surface area contributed by atoms with Gasteiger partial charge in [0.05, 0.1) is 39.5 Å². The number of carbonyl (C=O) groups is 1. The maximum absolute atomic E-state index is 15.1. The second-order valence-corrected chi connectivity index (χ2v) is 9.96. The van der Waals surface area contributed by atoms with Crippen LogP contribution < -0.4 is 9.47 Å². The van der Waals surface area contributed by atoms with E-state index in [4.69, 9.17) is 18.9 Å². The summed E-state index contributed by atoms with van der Waals surface area (Å²) in [6.07, 6.45) is -1.58. The maximum atomic E-state index is 15.1. The molecule has 0 saturated heterocycles. The Morgan fingerprint density at radius 3 is 2.38 bits per heavy atom. The highest BCUT2D eigenvalue weighted by Gasteiger charge is 2.33. The quantitative estimate of drug-likeness (QED) is 0.265. The number of aliphatic hydroxyl groups excluding tert-OH is 1. The van der Waals surface area contributed by atoms with Gasteiger partial charge in [-0.2, -0.15) is 0 Å². The molecule has 0 heterocycles. The first kappa shape index (κ1) is 30.1. The molecule has 3 rings (SSSR count). The van der Waals surface area contributed by atoms with E-state index in [0.29, 0.717) is 34.8 Å². The first-order valence-electron chi connectivity index (χ1n) is 12.6. The van der Waals surface area contributed by atoms with Crippen LogP contribution in [0.1, 0.15) is 49.2 Å². The van der Waals surface area contributed by atoms with Crippen LogP contribution in [0.3, 0.4) is 0 Å². The summed E-state index contributed by atoms with van der Waals surface area (Å²) in [7, 11) is 6.09. The monoisotopic (exact) mass is 540 g/mol. The van der Waals surface area contributed by atoms with Gasteiger partial charge in [0.2, 0.25) is 0 Å². The zero-order valence-electron chi connectivity index (χ0n) is 23.3. The molecule has 0 fully saturated rings. The third-order valence-corrected chi connectivity index (χ3v) is 6.56. The number of hydrogen-bond acceptors (Lipinski definition) is 7. The SMILES string of the molecule is COCC(C)(C)C(OC)c1cc(COc2cccc([C@H](O)CC(=O)OC)c2)ccc1-c1cc(OC)ccc1F. The van der Waals surface area contributed by atoms with Crippen LogP contribution in [0, 0.1) is 11.2 Å². The molecule has 1 N–H and O–H groups in total. The van der Waals surface area contributed by atoms with E-state index in [1.54, 1.807) is 57.7 Å². The Balaban J connectivity index is 1.97. The fourth-order valence-electron chi connectivity index (χ4n) is 4.65. The van der Waals surface area contributed by atoms with Gasteiger partial charge in [0.15, 0.2) is 0 Å². The third kappa shape index (κ3) is 7.56. The minimum absolute atomic E-state index is 0.152. The molecule has 8 heteroatoms. The van der Waals surface area contributed by atoms with Gasteiger partial charge in [-0.25, -0.2) is 4.39 Å². The highest BCUT2D eigenvalue weighted by molar-refractivity contribution is 5.71. The minimum atomic E-state index is -1.00. The van der Waals surface area contributed by atoms with Gasteiger partial charge < -0.3 is 28.8 Å². The van der Waals surface area contributed by atoms with Gasteiger partial charge in [0.25, 0.3) is 0 Å². The van der Waals surface area contributed by atoms with Crippen LogP contribution in [0.15, 0.2) is 60.7 Å². The van der Waals surface area contributed by atoms with Crippen molar-refractivity contribution < 1.29 is 38.0 Å². The average molecular weight is 541 g/mol. The van der Waals surface area contributed by atoms with Crippen LogP contribution >= 0.6 is 0 Å². The Kier molecular flexibility index (Phi) is 10.5. The largest absolute Gasteiger partial charge is 0.497 e. The summed E-state index contributed by atoms with van der Waals surface area (Å²) in [5.74, 6) is 0.203. The molecule has 39 heavy (non-hydrogen) atoms. The molecular weight excluding hydrogens is 503 g/mol. The Hall–Kier alpha value is -3.46. The van der Waals surface area contributed by atoms with Crippen LogP contribution in [-0.4, -0.2) is 46.1 Å². The fourth-order valence-corrected chi connectivity index (χ4v) is 4.65. The second-order valence-electron chi connectivity index (χ2n) is 9.96. The summed E-state index contributed by atoms with van der Waals surface area (Å²) < 4.78 is 42.5. The van der Waals surface area contributed by atoms with Gasteiger partial charge in [-0.1, -0.05) is 38.1 Å². The molecule has 2 atom stereocenters. The predicted molar refractivity (Wildman–Crippen MR) is 146 cm³/mol. The summed E-state index contributed by atoms with van der Waals surface area (Å²) in [6.45, 7) is 4.70. The van der Waals surface area contributed by atoms with E-state index in [0.717, 1.165) is 11.1 Å². The lowest BCUT2D eigenvalue weighted by atomic mass is 9.80. The normalized spacial score (nSPS) is 13.0. The van der Waals surface area contributed by atoms with Crippen molar-refractivity contribution in [3.8, 4) is 22.6 Å². The number of esters is 1. The third-order valence-electron chi connectivity index (χ3n) is 6.56. The van der Waals surface area contributed by atoms with E-state index in [1.807, 2.05) is 32.0 Å². The number of benzene rings is 3. The smallest absolute Gasteiger partial charge is 0.308 e. The van der Waals surface area contributed by atoms with Crippen LogP contribution in [-0.2, 0) is 25.6 Å². The van der Waals surface area contributed by atoms with E-state index in [2.05, 4.69) is 4.74 Å². The number of carbonyl (C=O) groups excluding carboxylic acids is 1. The van der Waals surface area contributed by atoms with Crippen molar-refractivity contribution in [1.29, 1.82) is 0 Å². The predicted octanol–water partition coefficient (Wildman–Crippen LogP) is 6.04. The number of methoxy groups -OCH3 is 4. The Morgan fingerprint density at radius 2 is 1.72 bits per heavy atom. The van der Waals surface area contributed by atoms with Crippen molar-refractivity contribution in [3.63, 3.8) is 0 Å². The number of ether oxygens (including phenoxy) is 5. The van der Waals surface area contributed by atoms with Crippen molar-refractivity contribution in [3.05, 3.63) is 83.2 Å². The highest BCUT2D eigenvalue weighted by atomic mass is 19.1. The van der Waals surface area contributed by atoms with Gasteiger partial charge in [0, 0.05) is 25.2 Å². The average Bonchev–Trinajstić information content (AvgIpc) is 2.92. The number of aliphatic hydroxyl groups is 1. The summed E-state index contributed by atoms with van der Waals surface area (Å²) in [5, 5.41) is 10.4. The van der Waals surface area contributed by atoms with E-state index < -0.39 is 23.6 Å². The molecule has 0 amide bonds. The van der Waals surface area contributed by atoms with Gasteiger partial charge in [-0.05, 0) is 58.7 Å². The zero-order chi connectivity index (χ0) is 28.6. The summed E-state index contributed by atoms with van der Waals surface area (Å²) >= 11 is 0. The number of hydrogen-bond donors (Lipinski definition) is 1. The van der Waals surface area contributed by atoms with Crippen molar-refractivity contribution in [2.24, 2.45) is 5.41 Å². The lowest BCUT2D eigenvalue weighted by Crippen LogP contribution is -2.29. The molecular formula is C31H37FO7. The second kappa shape index (κ2) is 13.6. The van der Waals surface area contributed by atoms with Crippen molar-refractivity contribution in [2.75, 3.05) is 35.0 Å². The molecule has 0 spiro atoms. The van der Waals surface area contributed by atoms with Crippen molar-refractivity contribution in [1.82, 2.24) is 0 Å². The molecule has 0 aliphatic heterocycles. The zero-order valence-corrected chi connectivity index (χ0v) is 23.3. The molecule has 1 unspecified atom stereocenters. The van der Waals surface area contributed by atoms with Crippen LogP contribution in [0.5, 0.6) is 11.5 Å². The van der Waals surface area contributed by atoms with E-state index in [9.17, 15) is 9.90 Å². The topological polar surface area (TPSA) is 83.5 Å². The first-order chi connectivity index (χ1) is 18.6. The van der Waals surface area contributed by atoms with Crippen molar-refractivity contribution >= 4 is 5.97 Å². The first-order valence-corrected chi connectivity index (χ1v) is 12.6. The summed E-state index contributed by atoms with van der Waals surface area (Å²) in [6, 6.07) is 17.3. The van der Waals surface area contributed by atoms with Crippen LogP contribution in [0.2, 0.25) is 0 Å². The number of rotatable bonds is 13. The maximum Gasteiger partial charge on any atom is 0.308 e. The van der Waals surface area contributed by atoms with Gasteiger partial charge in [-0.3, -0.25) is 4.79 Å². The van der Waals surface area contributed by atoms with E-state index >= 15 is 4.39 Å². The molecule has 0 saturated carbocycles. The lowest BCUT2D eigenvalue weighted by molar-refractivity contribution is -0.142. The van der Waals surface area contributed by atoms with Crippen LogP contribution in [0.25, 0.3) is 11.1 Å². The molecule has 3 aromatic carbocycles. The van der Waals surface area contributed by atoms with Crippen molar-refractivity contribution in [2.45, 2.75) is 39.1 Å². The highest BCUT2D eigenvalue weighted by Crippen LogP contribution is 2.42. The van der Waals surface area contributed by atoms with Gasteiger partial charge >= 0.3 is 5.97 Å². The molecule has 0 aromatic heterocycles. The standard InChI is InChI=1S/C31H37FO7/c1-31(2,19-35-3)30(38-6)26-14-20(10-12-24(26)25-16-22(36-4)11-13-27(25)32)18-39-23-9-7-8-21(15-23)28(33)17-29(34)37-5/h7-16,28,30,33H,17-19H2,1-6H3/t28-,30?/m1/s1. The van der Waals surface area contributed by atoms with E-state index in [-0.39, 0.29) is 18.8 Å². The Labute approximate surface area is 229 Å². The summed E-state index contributed by atoms with van der Waals surface area (Å²) in [4.78, 5) is 11.5. The molecule has 210 valence electrons. The molecule has 0 aliphatic rings. The minimum Gasteiger partial charge on any atom is -0.497 e. The number of halogens is 1. The molecule has 0 aliphatic carbocycles. The van der Waals surface area contributed by atoms with Gasteiger partial charge in [-0.15, -0.1) is 0 Å². The molecule has 3 aromatic rings. The molecule has 0 radical (unpaired) electrons. The lowest BCUT2D eigenvalue weighted by Gasteiger charge is -2.34. The Bertz CT molecular complexity index is 1260. The van der Waals surface area contributed by atoms with Crippen LogP contribution in [0.4, 0.5) is 4.39 Å². The Morgan fingerprint density at radius 1 is 0.949 bits per heavy atom. The molecule has 7 nitrogen and oxygen atoms in total. The van der Waals surface area contributed by atoms with Gasteiger partial charge in [0.1, 0.15) is 23.9 Å². The van der Waals surface area contributed by atoms with E-state index in [1.165, 1.54) is 13.2 Å².